The van der Waals surface area contributed by atoms with Crippen LogP contribution in [0.25, 0.3) is 0 Å². The summed E-state index contributed by atoms with van der Waals surface area (Å²) in [4.78, 5) is 24.1. The molecule has 0 radical (unpaired) electrons. The Labute approximate surface area is 123 Å². The molecule has 8 nitrogen and oxygen atoms in total. The Morgan fingerprint density at radius 2 is 1.90 bits per heavy atom. The van der Waals surface area contributed by atoms with Crippen LogP contribution in [0.5, 0.6) is 0 Å². The van der Waals surface area contributed by atoms with Crippen molar-refractivity contribution >= 4 is 21.9 Å². The number of carbonyl (C=O) groups is 2. The van der Waals surface area contributed by atoms with Gasteiger partial charge in [-0.2, -0.15) is 0 Å². The summed E-state index contributed by atoms with van der Waals surface area (Å²) >= 11 is 0. The molecule has 0 aliphatic carbocycles. The van der Waals surface area contributed by atoms with E-state index < -0.39 is 28.4 Å². The first-order chi connectivity index (χ1) is 9.57. The molecule has 1 amide bonds. The molecule has 1 aromatic heterocycles. The number of sulfonamides is 1. The Kier molecular flexibility index (Phi) is 5.13. The van der Waals surface area contributed by atoms with Crippen LogP contribution >= 0.6 is 0 Å². The van der Waals surface area contributed by atoms with E-state index >= 15 is 0 Å². The van der Waals surface area contributed by atoms with Gasteiger partial charge in [0.05, 0.1) is 5.56 Å². The van der Waals surface area contributed by atoms with Crippen LogP contribution in [0.2, 0.25) is 0 Å². The number of carboxylic acid groups (broad SMARTS) is 1. The van der Waals surface area contributed by atoms with Gasteiger partial charge in [0, 0.05) is 26.2 Å². The minimum atomic E-state index is -3.78. The van der Waals surface area contributed by atoms with Crippen molar-refractivity contribution in [3.05, 3.63) is 17.9 Å². The van der Waals surface area contributed by atoms with Crippen LogP contribution in [-0.4, -0.2) is 61.3 Å². The van der Waals surface area contributed by atoms with Crippen molar-refractivity contribution in [2.75, 3.05) is 20.6 Å². The fourth-order valence-corrected chi connectivity index (χ4v) is 2.35. The molecule has 1 aromatic rings. The van der Waals surface area contributed by atoms with E-state index in [4.69, 9.17) is 9.52 Å². The molecule has 118 valence electrons. The maximum atomic E-state index is 12.2. The second-order valence-corrected chi connectivity index (χ2v) is 6.95. The number of aliphatic carboxylic acids is 1. The van der Waals surface area contributed by atoms with E-state index in [-0.39, 0.29) is 16.7 Å². The van der Waals surface area contributed by atoms with E-state index in [0.717, 1.165) is 21.5 Å². The summed E-state index contributed by atoms with van der Waals surface area (Å²) in [7, 11) is -1.10. The van der Waals surface area contributed by atoms with Gasteiger partial charge in [0.2, 0.25) is 5.09 Å². The monoisotopic (exact) mass is 318 g/mol. The minimum Gasteiger partial charge on any atom is -0.480 e. The van der Waals surface area contributed by atoms with Crippen LogP contribution in [0.3, 0.4) is 0 Å². The Hall–Kier alpha value is -1.87. The van der Waals surface area contributed by atoms with Gasteiger partial charge in [0.25, 0.3) is 15.9 Å². The van der Waals surface area contributed by atoms with Gasteiger partial charge >= 0.3 is 5.97 Å². The Bertz CT molecular complexity index is 632. The van der Waals surface area contributed by atoms with Crippen molar-refractivity contribution in [1.82, 2.24) is 9.21 Å². The third-order valence-electron chi connectivity index (χ3n) is 2.75. The molecule has 1 N–H and O–H groups in total. The lowest BCUT2D eigenvalue weighted by Crippen LogP contribution is -2.40. The summed E-state index contributed by atoms with van der Waals surface area (Å²) in [6, 6.07) is 0.743. The van der Waals surface area contributed by atoms with Crippen molar-refractivity contribution in [2.24, 2.45) is 0 Å². The zero-order valence-corrected chi connectivity index (χ0v) is 13.0. The second-order valence-electron chi connectivity index (χ2n) is 4.86. The van der Waals surface area contributed by atoms with Crippen molar-refractivity contribution in [2.45, 2.75) is 25.0 Å². The highest BCUT2D eigenvalue weighted by atomic mass is 32.2. The topological polar surface area (TPSA) is 108 Å². The second kappa shape index (κ2) is 6.27. The van der Waals surface area contributed by atoms with Gasteiger partial charge in [-0.3, -0.25) is 9.59 Å². The normalized spacial score (nSPS) is 11.9. The SMILES string of the molecule is CC(C)N(CC(=O)O)C(=O)c1coc(S(=O)(=O)N(C)C)c1. The van der Waals surface area contributed by atoms with Crippen LogP contribution in [0, 0.1) is 0 Å². The fourth-order valence-electron chi connectivity index (χ4n) is 1.54. The van der Waals surface area contributed by atoms with Crippen LogP contribution in [-0.2, 0) is 14.8 Å². The Morgan fingerprint density at radius 1 is 1.33 bits per heavy atom. The molecular formula is C12H18N2O6S. The largest absolute Gasteiger partial charge is 0.480 e. The van der Waals surface area contributed by atoms with E-state index in [9.17, 15) is 18.0 Å². The van der Waals surface area contributed by atoms with E-state index in [1.54, 1.807) is 13.8 Å². The highest BCUT2D eigenvalue weighted by Crippen LogP contribution is 2.18. The molecule has 1 heterocycles. The summed E-state index contributed by atoms with van der Waals surface area (Å²) in [5.41, 5.74) is -0.00891. The molecule has 0 aliphatic heterocycles. The van der Waals surface area contributed by atoms with Gasteiger partial charge in [-0.25, -0.2) is 12.7 Å². The molecule has 0 unspecified atom stereocenters. The lowest BCUT2D eigenvalue weighted by atomic mass is 10.2. The summed E-state index contributed by atoms with van der Waals surface area (Å²) < 4.78 is 29.6. The van der Waals surface area contributed by atoms with E-state index in [0.29, 0.717) is 0 Å². The zero-order valence-electron chi connectivity index (χ0n) is 12.2. The van der Waals surface area contributed by atoms with Gasteiger partial charge < -0.3 is 14.4 Å². The third kappa shape index (κ3) is 3.82. The van der Waals surface area contributed by atoms with Gasteiger partial charge in [-0.15, -0.1) is 0 Å². The average Bonchev–Trinajstić information content (AvgIpc) is 2.84. The number of hydrogen-bond acceptors (Lipinski definition) is 5. The Balaban J connectivity index is 3.09. The first kappa shape index (κ1) is 17.2. The number of carboxylic acids is 1. The molecule has 9 heteroatoms. The minimum absolute atomic E-state index is 0.00891. The molecule has 0 aliphatic rings. The van der Waals surface area contributed by atoms with Gasteiger partial charge in [-0.1, -0.05) is 0 Å². The van der Waals surface area contributed by atoms with E-state index in [1.807, 2.05) is 0 Å². The van der Waals surface area contributed by atoms with Gasteiger partial charge in [0.1, 0.15) is 12.8 Å². The number of rotatable bonds is 6. The van der Waals surface area contributed by atoms with Crippen LogP contribution in [0.4, 0.5) is 0 Å². The number of carbonyl (C=O) groups excluding carboxylic acids is 1. The lowest BCUT2D eigenvalue weighted by molar-refractivity contribution is -0.138. The van der Waals surface area contributed by atoms with Crippen molar-refractivity contribution in [3.8, 4) is 0 Å². The number of nitrogens with zero attached hydrogens (tertiary/aromatic N) is 2. The highest BCUT2D eigenvalue weighted by Gasteiger charge is 2.27. The summed E-state index contributed by atoms with van der Waals surface area (Å²) in [6.07, 6.45) is 1.01. The average molecular weight is 318 g/mol. The van der Waals surface area contributed by atoms with E-state index in [1.165, 1.54) is 14.1 Å². The fraction of sp³-hybridized carbons (Fsp3) is 0.500. The van der Waals surface area contributed by atoms with Crippen molar-refractivity contribution in [1.29, 1.82) is 0 Å². The summed E-state index contributed by atoms with van der Waals surface area (Å²) in [5, 5.41) is 8.45. The zero-order chi connectivity index (χ0) is 16.4. The molecule has 21 heavy (non-hydrogen) atoms. The van der Waals surface area contributed by atoms with Crippen LogP contribution in [0.1, 0.15) is 24.2 Å². The molecule has 0 fully saturated rings. The van der Waals surface area contributed by atoms with Gasteiger partial charge in [0.15, 0.2) is 0 Å². The van der Waals surface area contributed by atoms with Gasteiger partial charge in [-0.05, 0) is 13.8 Å². The maximum Gasteiger partial charge on any atom is 0.323 e. The predicted octanol–water partition coefficient (Wildman–Crippen LogP) is 0.465. The number of hydrogen-bond donors (Lipinski definition) is 1. The lowest BCUT2D eigenvalue weighted by Gasteiger charge is -2.24. The summed E-state index contributed by atoms with van der Waals surface area (Å²) in [5.74, 6) is -1.75. The van der Waals surface area contributed by atoms with Crippen LogP contribution in [0.15, 0.2) is 21.8 Å². The van der Waals surface area contributed by atoms with Crippen molar-refractivity contribution < 1.29 is 27.5 Å². The van der Waals surface area contributed by atoms with E-state index in [2.05, 4.69) is 0 Å². The van der Waals surface area contributed by atoms with Crippen LogP contribution < -0.4 is 0 Å². The third-order valence-corrected chi connectivity index (χ3v) is 4.43. The quantitative estimate of drug-likeness (QED) is 0.816. The molecular weight excluding hydrogens is 300 g/mol. The molecule has 0 spiro atoms. The molecule has 0 aromatic carbocycles. The van der Waals surface area contributed by atoms with Crippen molar-refractivity contribution in [3.63, 3.8) is 0 Å². The summed E-state index contributed by atoms with van der Waals surface area (Å²) in [6.45, 7) is 2.86. The molecule has 0 bridgehead atoms. The standard InChI is InChI=1S/C12H18N2O6S/c1-8(2)14(6-10(15)16)12(17)9-5-11(20-7-9)21(18,19)13(3)4/h5,7-8H,6H2,1-4H3,(H,15,16). The number of furan rings is 1. The molecule has 0 saturated carbocycles. The molecule has 0 saturated heterocycles. The predicted molar refractivity (Wildman–Crippen MR) is 73.4 cm³/mol. The smallest absolute Gasteiger partial charge is 0.323 e. The maximum absolute atomic E-state index is 12.2. The first-order valence-electron chi connectivity index (χ1n) is 6.11. The molecule has 0 atom stereocenters. The highest BCUT2D eigenvalue weighted by molar-refractivity contribution is 7.88. The Morgan fingerprint density at radius 3 is 2.33 bits per heavy atom. The molecule has 1 rings (SSSR count). The number of amides is 1. The first-order valence-corrected chi connectivity index (χ1v) is 7.55.